The van der Waals surface area contributed by atoms with Crippen molar-refractivity contribution in [1.82, 2.24) is 4.98 Å². The Bertz CT molecular complexity index is 384. The van der Waals surface area contributed by atoms with E-state index in [2.05, 4.69) is 20.9 Å². The number of rotatable bonds is 2. The van der Waals surface area contributed by atoms with Crippen LogP contribution in [0.25, 0.3) is 0 Å². The highest BCUT2D eigenvalue weighted by Crippen LogP contribution is 2.24. The zero-order valence-electron chi connectivity index (χ0n) is 7.29. The van der Waals surface area contributed by atoms with Crippen LogP contribution < -0.4 is 5.73 Å². The molecule has 0 aromatic carbocycles. The molecule has 0 aliphatic rings. The van der Waals surface area contributed by atoms with Gasteiger partial charge in [-0.15, -0.1) is 0 Å². The molecule has 0 bridgehead atoms. The van der Waals surface area contributed by atoms with Crippen LogP contribution in [0.3, 0.4) is 0 Å². The summed E-state index contributed by atoms with van der Waals surface area (Å²) in [5.41, 5.74) is 5.67. The molecule has 1 heterocycles. The number of nitrogens with two attached hydrogens (primary N) is 1. The van der Waals surface area contributed by atoms with Crippen molar-refractivity contribution in [2.24, 2.45) is 5.73 Å². The number of carboxylic acid groups (broad SMARTS) is 1. The zero-order chi connectivity index (χ0) is 10.9. The third-order valence-corrected chi connectivity index (χ3v) is 2.65. The number of carboxylic acids is 1. The topological polar surface area (TPSA) is 76.2 Å². The van der Waals surface area contributed by atoms with Gasteiger partial charge in [0.15, 0.2) is 0 Å². The summed E-state index contributed by atoms with van der Waals surface area (Å²) in [6.07, 6.45) is 1.27. The largest absolute Gasteiger partial charge is 0.480 e. The van der Waals surface area contributed by atoms with Crippen LogP contribution in [0.15, 0.2) is 10.7 Å². The van der Waals surface area contributed by atoms with Crippen molar-refractivity contribution in [2.75, 3.05) is 0 Å². The summed E-state index contributed by atoms with van der Waals surface area (Å²) in [5.74, 6) is -2.13. The zero-order valence-corrected chi connectivity index (χ0v) is 8.88. The quantitative estimate of drug-likeness (QED) is 0.790. The van der Waals surface area contributed by atoms with Gasteiger partial charge in [-0.3, -0.25) is 4.79 Å². The number of carbonyl (C=O) groups is 1. The van der Waals surface area contributed by atoms with Gasteiger partial charge >= 0.3 is 5.97 Å². The second-order valence-electron chi connectivity index (χ2n) is 2.75. The van der Waals surface area contributed by atoms with Crippen LogP contribution in [0.5, 0.6) is 0 Å². The summed E-state index contributed by atoms with van der Waals surface area (Å²) >= 11 is 3.12. The van der Waals surface area contributed by atoms with Gasteiger partial charge in [0, 0.05) is 16.2 Å². The molecule has 0 aliphatic carbocycles. The summed E-state index contributed by atoms with van der Waals surface area (Å²) in [4.78, 5) is 14.0. The van der Waals surface area contributed by atoms with E-state index < -0.39 is 18.0 Å². The minimum Gasteiger partial charge on any atom is -0.480 e. The van der Waals surface area contributed by atoms with Gasteiger partial charge in [0.1, 0.15) is 6.04 Å². The predicted molar refractivity (Wildman–Crippen MR) is 51.2 cm³/mol. The maximum atomic E-state index is 13.2. The van der Waals surface area contributed by atoms with Gasteiger partial charge in [0.2, 0.25) is 5.95 Å². The Morgan fingerprint density at radius 3 is 2.86 bits per heavy atom. The van der Waals surface area contributed by atoms with E-state index in [1.807, 2.05) is 0 Å². The number of aromatic nitrogens is 1. The summed E-state index contributed by atoms with van der Waals surface area (Å²) in [6.45, 7) is 1.58. The van der Waals surface area contributed by atoms with Crippen LogP contribution in [0.4, 0.5) is 4.39 Å². The van der Waals surface area contributed by atoms with Crippen molar-refractivity contribution < 1.29 is 14.3 Å². The van der Waals surface area contributed by atoms with Crippen molar-refractivity contribution in [1.29, 1.82) is 0 Å². The molecule has 1 aromatic heterocycles. The highest BCUT2D eigenvalue weighted by molar-refractivity contribution is 9.10. The van der Waals surface area contributed by atoms with E-state index >= 15 is 0 Å². The second-order valence-corrected chi connectivity index (χ2v) is 3.61. The standard InChI is InChI=1S/C8H8BrFN2O2/c1-3-4(9)2-12-7(10)5(3)6(11)8(13)14/h2,6H,11H2,1H3,(H,13,14)/t6-/m1/s1. The van der Waals surface area contributed by atoms with Gasteiger partial charge < -0.3 is 10.8 Å². The Morgan fingerprint density at radius 2 is 2.36 bits per heavy atom. The Labute approximate surface area is 88.1 Å². The van der Waals surface area contributed by atoms with Gasteiger partial charge in [-0.1, -0.05) is 0 Å². The number of aliphatic carboxylic acids is 1. The lowest BCUT2D eigenvalue weighted by Crippen LogP contribution is -2.23. The van der Waals surface area contributed by atoms with Crippen LogP contribution >= 0.6 is 15.9 Å². The lowest BCUT2D eigenvalue weighted by Gasteiger charge is -2.11. The van der Waals surface area contributed by atoms with E-state index in [0.717, 1.165) is 0 Å². The van der Waals surface area contributed by atoms with Crippen LogP contribution in [-0.4, -0.2) is 16.1 Å². The van der Waals surface area contributed by atoms with E-state index in [0.29, 0.717) is 10.0 Å². The van der Waals surface area contributed by atoms with Gasteiger partial charge in [0.05, 0.1) is 0 Å². The third kappa shape index (κ3) is 1.91. The maximum absolute atomic E-state index is 13.2. The number of hydrogen-bond donors (Lipinski definition) is 2. The monoisotopic (exact) mass is 262 g/mol. The SMILES string of the molecule is Cc1c(Br)cnc(F)c1[C@@H](N)C(=O)O. The second kappa shape index (κ2) is 4.02. The molecule has 0 fully saturated rings. The average Bonchev–Trinajstić information content (AvgIpc) is 2.12. The minimum absolute atomic E-state index is 0.0909. The highest BCUT2D eigenvalue weighted by Gasteiger charge is 2.22. The van der Waals surface area contributed by atoms with Crippen LogP contribution in [-0.2, 0) is 4.79 Å². The summed E-state index contributed by atoms with van der Waals surface area (Å²) in [5, 5.41) is 8.64. The van der Waals surface area contributed by atoms with Gasteiger partial charge in [-0.2, -0.15) is 4.39 Å². The van der Waals surface area contributed by atoms with Crippen molar-refractivity contribution in [2.45, 2.75) is 13.0 Å². The Kier molecular flexibility index (Phi) is 3.17. The molecule has 4 nitrogen and oxygen atoms in total. The molecular weight excluding hydrogens is 255 g/mol. The Morgan fingerprint density at radius 1 is 1.79 bits per heavy atom. The molecule has 0 aliphatic heterocycles. The van der Waals surface area contributed by atoms with E-state index in [9.17, 15) is 9.18 Å². The lowest BCUT2D eigenvalue weighted by molar-refractivity contribution is -0.138. The molecule has 0 saturated heterocycles. The molecule has 3 N–H and O–H groups in total. The molecule has 1 aromatic rings. The predicted octanol–water partition coefficient (Wildman–Crippen LogP) is 1.38. The fourth-order valence-corrected chi connectivity index (χ4v) is 1.36. The van der Waals surface area contributed by atoms with Crippen LogP contribution in [0.2, 0.25) is 0 Å². The van der Waals surface area contributed by atoms with E-state index in [1.54, 1.807) is 6.92 Å². The summed E-state index contributed by atoms with van der Waals surface area (Å²) in [7, 11) is 0. The number of nitrogens with zero attached hydrogens (tertiary/aromatic N) is 1. The minimum atomic E-state index is -1.39. The van der Waals surface area contributed by atoms with Crippen molar-refractivity contribution >= 4 is 21.9 Å². The van der Waals surface area contributed by atoms with Crippen molar-refractivity contribution in [3.8, 4) is 0 Å². The van der Waals surface area contributed by atoms with E-state index in [1.165, 1.54) is 6.20 Å². The number of halogens is 2. The van der Waals surface area contributed by atoms with Crippen LogP contribution in [0, 0.1) is 12.9 Å². The molecule has 0 radical (unpaired) electrons. The Balaban J connectivity index is 3.32. The molecule has 14 heavy (non-hydrogen) atoms. The molecule has 0 unspecified atom stereocenters. The van der Waals surface area contributed by atoms with Gasteiger partial charge in [0.25, 0.3) is 0 Å². The molecule has 1 rings (SSSR count). The Hall–Kier alpha value is -1.01. The summed E-state index contributed by atoms with van der Waals surface area (Å²) < 4.78 is 13.7. The first kappa shape index (κ1) is 11.1. The summed E-state index contributed by atoms with van der Waals surface area (Å²) in [6, 6.07) is -1.39. The number of pyridine rings is 1. The smallest absolute Gasteiger partial charge is 0.325 e. The first-order valence-electron chi connectivity index (χ1n) is 3.74. The fourth-order valence-electron chi connectivity index (χ4n) is 1.05. The highest BCUT2D eigenvalue weighted by atomic mass is 79.9. The first-order valence-corrected chi connectivity index (χ1v) is 4.53. The third-order valence-electron chi connectivity index (χ3n) is 1.85. The van der Waals surface area contributed by atoms with Crippen LogP contribution in [0.1, 0.15) is 17.2 Å². The van der Waals surface area contributed by atoms with E-state index in [4.69, 9.17) is 10.8 Å². The molecule has 1 atom stereocenters. The normalized spacial score (nSPS) is 12.6. The average molecular weight is 263 g/mol. The van der Waals surface area contributed by atoms with Gasteiger partial charge in [-0.05, 0) is 28.4 Å². The van der Waals surface area contributed by atoms with Crippen molar-refractivity contribution in [3.63, 3.8) is 0 Å². The van der Waals surface area contributed by atoms with Crippen molar-refractivity contribution in [3.05, 3.63) is 27.7 Å². The molecule has 76 valence electrons. The lowest BCUT2D eigenvalue weighted by atomic mass is 10.0. The van der Waals surface area contributed by atoms with E-state index in [-0.39, 0.29) is 5.56 Å². The fraction of sp³-hybridized carbons (Fsp3) is 0.250. The molecular formula is C8H8BrFN2O2. The molecule has 0 amide bonds. The number of hydrogen-bond acceptors (Lipinski definition) is 3. The van der Waals surface area contributed by atoms with Gasteiger partial charge in [-0.25, -0.2) is 4.98 Å². The molecule has 6 heteroatoms. The molecule has 0 spiro atoms. The first-order chi connectivity index (χ1) is 6.45. The maximum Gasteiger partial charge on any atom is 0.325 e. The molecule has 0 saturated carbocycles.